The number of hydrogen-bond acceptors (Lipinski definition) is 3. The zero-order valence-corrected chi connectivity index (χ0v) is 15.2. The van der Waals surface area contributed by atoms with Crippen LogP contribution in [0.4, 0.5) is 4.39 Å². The molecule has 0 radical (unpaired) electrons. The first kappa shape index (κ1) is 16.4. The molecule has 2 aliphatic heterocycles. The van der Waals surface area contributed by atoms with Crippen LogP contribution in [0.1, 0.15) is 53.2 Å². The van der Waals surface area contributed by atoms with Crippen LogP contribution in [0.2, 0.25) is 0 Å². The van der Waals surface area contributed by atoms with E-state index in [1.165, 1.54) is 5.56 Å². The molecule has 27 heavy (non-hydrogen) atoms. The fourth-order valence-corrected chi connectivity index (χ4v) is 4.77. The molecule has 1 unspecified atom stereocenters. The van der Waals surface area contributed by atoms with Crippen molar-refractivity contribution in [2.45, 2.75) is 50.6 Å². The van der Waals surface area contributed by atoms with Gasteiger partial charge in [-0.3, -0.25) is 4.79 Å². The van der Waals surface area contributed by atoms with Crippen LogP contribution in [0.25, 0.3) is 5.65 Å². The number of carbonyl (C=O) groups is 1. The van der Waals surface area contributed by atoms with Gasteiger partial charge >= 0.3 is 0 Å². The van der Waals surface area contributed by atoms with Crippen LogP contribution in [0.5, 0.6) is 0 Å². The van der Waals surface area contributed by atoms with Crippen LogP contribution in [-0.4, -0.2) is 37.5 Å². The number of aryl methyl sites for hydroxylation is 1. The molecule has 0 spiro atoms. The molecule has 0 aliphatic carbocycles. The Bertz CT molecular complexity index is 983. The molecule has 6 heteroatoms. The quantitative estimate of drug-likeness (QED) is 0.696. The van der Waals surface area contributed by atoms with Gasteiger partial charge < -0.3 is 4.90 Å². The zero-order valence-electron chi connectivity index (χ0n) is 15.2. The second kappa shape index (κ2) is 6.15. The number of amides is 1. The van der Waals surface area contributed by atoms with Gasteiger partial charge in [0.1, 0.15) is 5.82 Å². The summed E-state index contributed by atoms with van der Waals surface area (Å²) < 4.78 is 15.3. The van der Waals surface area contributed by atoms with Crippen LogP contribution < -0.4 is 0 Å². The van der Waals surface area contributed by atoms with Gasteiger partial charge in [0.2, 0.25) is 0 Å². The van der Waals surface area contributed by atoms with Gasteiger partial charge in [0.15, 0.2) is 11.3 Å². The number of benzene rings is 1. The van der Waals surface area contributed by atoms with Crippen molar-refractivity contribution < 1.29 is 9.18 Å². The first-order chi connectivity index (χ1) is 13.1. The molecule has 3 aromatic rings. The monoisotopic (exact) mass is 364 g/mol. The zero-order chi connectivity index (χ0) is 18.5. The average Bonchev–Trinajstić information content (AvgIpc) is 3.22. The Labute approximate surface area is 156 Å². The summed E-state index contributed by atoms with van der Waals surface area (Å²) in [5.74, 6) is 0.227. The van der Waals surface area contributed by atoms with E-state index in [0.29, 0.717) is 22.8 Å². The molecule has 2 fully saturated rings. The van der Waals surface area contributed by atoms with Gasteiger partial charge in [-0.25, -0.2) is 13.9 Å². The molecule has 138 valence electrons. The Morgan fingerprint density at radius 1 is 1.19 bits per heavy atom. The van der Waals surface area contributed by atoms with Crippen molar-refractivity contribution in [2.75, 3.05) is 0 Å². The minimum absolute atomic E-state index is 0.00161. The Balaban J connectivity index is 1.40. The Morgan fingerprint density at radius 3 is 2.67 bits per heavy atom. The third kappa shape index (κ3) is 2.71. The van der Waals surface area contributed by atoms with Crippen LogP contribution in [0, 0.1) is 12.7 Å². The molecule has 5 nitrogen and oxygen atoms in total. The molecular weight excluding hydrogens is 343 g/mol. The molecule has 1 aromatic carbocycles. The van der Waals surface area contributed by atoms with Crippen molar-refractivity contribution in [2.24, 2.45) is 0 Å². The molecule has 2 aromatic heterocycles. The molecule has 4 heterocycles. The third-order valence-corrected chi connectivity index (χ3v) is 6.08. The molecule has 0 saturated carbocycles. The number of rotatable bonds is 2. The normalized spacial score (nSPS) is 24.5. The minimum atomic E-state index is -0.158. The summed E-state index contributed by atoms with van der Waals surface area (Å²) >= 11 is 0. The summed E-state index contributed by atoms with van der Waals surface area (Å²) in [6.45, 7) is 1.81. The molecule has 2 bridgehead atoms. The van der Waals surface area contributed by atoms with E-state index in [1.807, 2.05) is 24.0 Å². The lowest BCUT2D eigenvalue weighted by atomic mass is 9.84. The number of fused-ring (bicyclic) bond motifs is 3. The van der Waals surface area contributed by atoms with Gasteiger partial charge in [0, 0.05) is 30.5 Å². The fraction of sp³-hybridized carbons (Fsp3) is 0.381. The third-order valence-electron chi connectivity index (χ3n) is 6.08. The van der Waals surface area contributed by atoms with E-state index in [4.69, 9.17) is 0 Å². The molecule has 1 amide bonds. The number of aromatic nitrogens is 3. The highest BCUT2D eigenvalue weighted by atomic mass is 19.1. The summed E-state index contributed by atoms with van der Waals surface area (Å²) in [4.78, 5) is 19.4. The Kier molecular flexibility index (Phi) is 3.74. The van der Waals surface area contributed by atoms with E-state index in [-0.39, 0.29) is 23.8 Å². The maximum Gasteiger partial charge on any atom is 0.274 e. The number of nitrogens with zero attached hydrogens (tertiary/aromatic N) is 4. The number of carbonyl (C=O) groups excluding carboxylic acids is 1. The van der Waals surface area contributed by atoms with Crippen LogP contribution in [0.3, 0.4) is 0 Å². The summed E-state index contributed by atoms with van der Waals surface area (Å²) in [5.41, 5.74) is 3.02. The fourth-order valence-electron chi connectivity index (χ4n) is 4.77. The topological polar surface area (TPSA) is 50.5 Å². The van der Waals surface area contributed by atoms with E-state index in [0.717, 1.165) is 25.7 Å². The minimum Gasteiger partial charge on any atom is -0.331 e. The number of halogens is 1. The maximum absolute atomic E-state index is 13.6. The smallest absolute Gasteiger partial charge is 0.274 e. The molecule has 2 aliphatic rings. The first-order valence-electron chi connectivity index (χ1n) is 9.49. The molecule has 5 rings (SSSR count). The van der Waals surface area contributed by atoms with Crippen molar-refractivity contribution in [1.29, 1.82) is 0 Å². The number of hydrogen-bond donors (Lipinski definition) is 0. The molecule has 0 N–H and O–H groups in total. The van der Waals surface area contributed by atoms with Crippen LogP contribution >= 0.6 is 0 Å². The van der Waals surface area contributed by atoms with Crippen molar-refractivity contribution in [3.63, 3.8) is 0 Å². The van der Waals surface area contributed by atoms with Gasteiger partial charge in [-0.05, 0) is 61.8 Å². The summed E-state index contributed by atoms with van der Waals surface area (Å²) in [6.07, 6.45) is 7.41. The van der Waals surface area contributed by atoms with Crippen LogP contribution in [0.15, 0.2) is 42.7 Å². The van der Waals surface area contributed by atoms with E-state index >= 15 is 0 Å². The highest BCUT2D eigenvalue weighted by molar-refractivity contribution is 5.94. The highest BCUT2D eigenvalue weighted by Gasteiger charge is 2.44. The molecule has 3 atom stereocenters. The van der Waals surface area contributed by atoms with Crippen molar-refractivity contribution in [3.8, 4) is 0 Å². The number of piperidine rings is 1. The van der Waals surface area contributed by atoms with Crippen molar-refractivity contribution in [3.05, 3.63) is 65.4 Å². The van der Waals surface area contributed by atoms with Gasteiger partial charge in [-0.2, -0.15) is 5.10 Å². The lowest BCUT2D eigenvalue weighted by molar-refractivity contribution is 0.0565. The summed E-state index contributed by atoms with van der Waals surface area (Å²) in [6, 6.07) is 9.44. The standard InChI is InChI=1S/C21H21FN4O/c1-13-9-14(3-6-18(13)22)15-10-16-4-5-17(11-15)26(16)21(27)19-12-20-23-7-2-8-25(20)24-19/h2-3,6-9,12,15-17H,4-5,10-11H2,1H3/t15?,16-,17+. The maximum atomic E-state index is 13.6. The van der Waals surface area contributed by atoms with E-state index < -0.39 is 0 Å². The second-order valence-electron chi connectivity index (χ2n) is 7.73. The van der Waals surface area contributed by atoms with E-state index in [9.17, 15) is 9.18 Å². The SMILES string of the molecule is Cc1cc(C2C[C@H]3CC[C@@H](C2)N3C(=O)c2cc3ncccn3n2)ccc1F. The predicted molar refractivity (Wildman–Crippen MR) is 99.1 cm³/mol. The lowest BCUT2D eigenvalue weighted by Gasteiger charge is -2.39. The molecule has 2 saturated heterocycles. The molecular formula is C21H21FN4O. The van der Waals surface area contributed by atoms with Crippen molar-refractivity contribution >= 4 is 11.6 Å². The van der Waals surface area contributed by atoms with Gasteiger partial charge in [-0.1, -0.05) is 12.1 Å². The summed E-state index contributed by atoms with van der Waals surface area (Å²) in [5, 5.41) is 4.40. The van der Waals surface area contributed by atoms with Crippen LogP contribution in [-0.2, 0) is 0 Å². The van der Waals surface area contributed by atoms with E-state index in [2.05, 4.69) is 10.1 Å². The average molecular weight is 364 g/mol. The van der Waals surface area contributed by atoms with Gasteiger partial charge in [0.25, 0.3) is 5.91 Å². The largest absolute Gasteiger partial charge is 0.331 e. The first-order valence-corrected chi connectivity index (χ1v) is 9.49. The lowest BCUT2D eigenvalue weighted by Crippen LogP contribution is -2.46. The summed E-state index contributed by atoms with van der Waals surface area (Å²) in [7, 11) is 0. The predicted octanol–water partition coefficient (Wildman–Crippen LogP) is 3.73. The van der Waals surface area contributed by atoms with Crippen molar-refractivity contribution in [1.82, 2.24) is 19.5 Å². The highest BCUT2D eigenvalue weighted by Crippen LogP contribution is 2.43. The Morgan fingerprint density at radius 2 is 1.96 bits per heavy atom. The van der Waals surface area contributed by atoms with E-state index in [1.54, 1.807) is 35.1 Å². The van der Waals surface area contributed by atoms with Gasteiger partial charge in [0.05, 0.1) is 0 Å². The van der Waals surface area contributed by atoms with Gasteiger partial charge in [-0.15, -0.1) is 0 Å². The second-order valence-corrected chi connectivity index (χ2v) is 7.73. The Hall–Kier alpha value is -2.76.